The molecular formula is C9H8ClOSi. The maximum Gasteiger partial charge on any atom is 0.341 e. The highest BCUT2D eigenvalue weighted by molar-refractivity contribution is 6.30. The summed E-state index contributed by atoms with van der Waals surface area (Å²) >= 11 is 5.80. The summed E-state index contributed by atoms with van der Waals surface area (Å²) in [5.41, 5.74) is 0.958. The largest absolute Gasteiger partial charge is 0.540 e. The Morgan fingerprint density at radius 2 is 2.33 bits per heavy atom. The minimum Gasteiger partial charge on any atom is -0.540 e. The monoisotopic (exact) mass is 195 g/mol. The van der Waals surface area contributed by atoms with Gasteiger partial charge in [0, 0.05) is 10.6 Å². The molecule has 0 aliphatic carbocycles. The van der Waals surface area contributed by atoms with Gasteiger partial charge in [-0.1, -0.05) is 23.7 Å². The average Bonchev–Trinajstić information content (AvgIpc) is 2.07. The molecule has 1 aromatic carbocycles. The third-order valence-corrected chi connectivity index (χ3v) is 1.94. The Labute approximate surface area is 80.5 Å². The predicted molar refractivity (Wildman–Crippen MR) is 51.9 cm³/mol. The first-order valence-electron chi connectivity index (χ1n) is 3.53. The molecule has 0 saturated heterocycles. The van der Waals surface area contributed by atoms with Crippen LogP contribution in [-0.4, -0.2) is 10.5 Å². The summed E-state index contributed by atoms with van der Waals surface area (Å²) in [5, 5.41) is 0.704. The normalized spacial score (nSPS) is 11.4. The van der Waals surface area contributed by atoms with Crippen LogP contribution in [0.25, 0.3) is 5.76 Å². The van der Waals surface area contributed by atoms with Crippen LogP contribution in [-0.2, 0) is 4.43 Å². The predicted octanol–water partition coefficient (Wildman–Crippen LogP) is 2.80. The van der Waals surface area contributed by atoms with E-state index >= 15 is 0 Å². The van der Waals surface area contributed by atoms with Crippen molar-refractivity contribution >= 4 is 27.8 Å². The standard InChI is InChI=1S/C9H8ClOSi/c1-2-9(11-12)7-4-3-5-8(10)6-7/h2-6H,1H3. The van der Waals surface area contributed by atoms with Crippen LogP contribution in [0.5, 0.6) is 0 Å². The molecule has 0 saturated carbocycles. The molecule has 0 N–H and O–H groups in total. The second kappa shape index (κ2) is 4.33. The third-order valence-electron chi connectivity index (χ3n) is 1.48. The molecular weight excluding hydrogens is 188 g/mol. The lowest BCUT2D eigenvalue weighted by molar-refractivity contribution is 0.571. The van der Waals surface area contributed by atoms with E-state index in [0.717, 1.165) is 11.3 Å². The summed E-state index contributed by atoms with van der Waals surface area (Å²) in [7, 11) is 2.97. The Morgan fingerprint density at radius 3 is 2.83 bits per heavy atom. The second-order valence-electron chi connectivity index (χ2n) is 2.27. The summed E-state index contributed by atoms with van der Waals surface area (Å²) in [6.45, 7) is 1.90. The van der Waals surface area contributed by atoms with Gasteiger partial charge in [0.05, 0.1) is 0 Å². The summed E-state index contributed by atoms with van der Waals surface area (Å²) in [6.07, 6.45) is 1.86. The van der Waals surface area contributed by atoms with E-state index < -0.39 is 0 Å². The number of allylic oxidation sites excluding steroid dienone is 1. The summed E-state index contributed by atoms with van der Waals surface area (Å²) < 4.78 is 4.95. The van der Waals surface area contributed by atoms with Crippen LogP contribution in [0, 0.1) is 0 Å². The zero-order valence-electron chi connectivity index (χ0n) is 6.67. The van der Waals surface area contributed by atoms with Crippen molar-refractivity contribution < 1.29 is 4.43 Å². The van der Waals surface area contributed by atoms with Crippen LogP contribution >= 0.6 is 11.6 Å². The maximum atomic E-state index is 5.80. The van der Waals surface area contributed by atoms with Crippen molar-refractivity contribution in [2.45, 2.75) is 6.92 Å². The molecule has 0 atom stereocenters. The van der Waals surface area contributed by atoms with Crippen LogP contribution in [0.15, 0.2) is 30.3 Å². The van der Waals surface area contributed by atoms with E-state index in [2.05, 4.69) is 10.5 Å². The minimum absolute atomic E-state index is 0.704. The smallest absolute Gasteiger partial charge is 0.341 e. The van der Waals surface area contributed by atoms with E-state index in [4.69, 9.17) is 16.0 Å². The number of hydrogen-bond donors (Lipinski definition) is 0. The van der Waals surface area contributed by atoms with Crippen LogP contribution < -0.4 is 0 Å². The van der Waals surface area contributed by atoms with E-state index in [-0.39, 0.29) is 0 Å². The van der Waals surface area contributed by atoms with Crippen LogP contribution in [0.1, 0.15) is 12.5 Å². The lowest BCUT2D eigenvalue weighted by Gasteiger charge is -2.05. The fourth-order valence-corrected chi connectivity index (χ4v) is 1.35. The molecule has 1 rings (SSSR count). The highest BCUT2D eigenvalue weighted by Gasteiger charge is 1.98. The molecule has 3 heteroatoms. The van der Waals surface area contributed by atoms with Crippen molar-refractivity contribution in [3.05, 3.63) is 40.9 Å². The Bertz CT molecular complexity index is 296. The van der Waals surface area contributed by atoms with E-state index in [1.165, 1.54) is 0 Å². The highest BCUT2D eigenvalue weighted by Crippen LogP contribution is 2.18. The second-order valence-corrected chi connectivity index (χ2v) is 2.91. The Morgan fingerprint density at radius 1 is 1.58 bits per heavy atom. The van der Waals surface area contributed by atoms with Gasteiger partial charge in [-0.2, -0.15) is 0 Å². The maximum absolute atomic E-state index is 5.80. The van der Waals surface area contributed by atoms with E-state index in [9.17, 15) is 0 Å². The van der Waals surface area contributed by atoms with Gasteiger partial charge in [0.2, 0.25) is 0 Å². The molecule has 0 heterocycles. The molecule has 0 amide bonds. The topological polar surface area (TPSA) is 9.23 Å². The molecule has 0 aliphatic rings. The molecule has 0 unspecified atom stereocenters. The van der Waals surface area contributed by atoms with Gasteiger partial charge in [-0.15, -0.1) is 0 Å². The van der Waals surface area contributed by atoms with E-state index in [1.807, 2.05) is 37.3 Å². The first-order chi connectivity index (χ1) is 5.77. The summed E-state index contributed by atoms with van der Waals surface area (Å²) in [6, 6.07) is 7.48. The van der Waals surface area contributed by atoms with Gasteiger partial charge in [-0.3, -0.25) is 0 Å². The zero-order valence-corrected chi connectivity index (χ0v) is 8.43. The number of rotatable bonds is 2. The number of benzene rings is 1. The average molecular weight is 196 g/mol. The molecule has 0 bridgehead atoms. The molecule has 0 fully saturated rings. The van der Waals surface area contributed by atoms with Crippen molar-refractivity contribution in [1.29, 1.82) is 0 Å². The van der Waals surface area contributed by atoms with Crippen molar-refractivity contribution in [2.24, 2.45) is 0 Å². The van der Waals surface area contributed by atoms with Gasteiger partial charge in [-0.25, -0.2) is 0 Å². The first-order valence-corrected chi connectivity index (χ1v) is 4.32. The lowest BCUT2D eigenvalue weighted by atomic mass is 10.2. The Hall–Kier alpha value is -0.733. The molecule has 3 radical (unpaired) electrons. The molecule has 1 aromatic rings. The lowest BCUT2D eigenvalue weighted by Crippen LogP contribution is -1.87. The van der Waals surface area contributed by atoms with Gasteiger partial charge in [0.25, 0.3) is 0 Å². The van der Waals surface area contributed by atoms with Crippen molar-refractivity contribution in [3.8, 4) is 0 Å². The van der Waals surface area contributed by atoms with Crippen molar-refractivity contribution in [1.82, 2.24) is 0 Å². The molecule has 61 valence electrons. The summed E-state index contributed by atoms with van der Waals surface area (Å²) in [4.78, 5) is 0. The van der Waals surface area contributed by atoms with Gasteiger partial charge in [0.1, 0.15) is 5.76 Å². The molecule has 12 heavy (non-hydrogen) atoms. The SMILES string of the molecule is CC=C(O[Si])c1cccc(Cl)c1. The fourth-order valence-electron chi connectivity index (χ4n) is 0.926. The Balaban J connectivity index is 3.02. The van der Waals surface area contributed by atoms with Gasteiger partial charge >= 0.3 is 10.5 Å². The highest BCUT2D eigenvalue weighted by atomic mass is 35.5. The zero-order chi connectivity index (χ0) is 8.97. The first kappa shape index (κ1) is 9.36. The van der Waals surface area contributed by atoms with E-state index in [0.29, 0.717) is 5.02 Å². The minimum atomic E-state index is 0.704. The fraction of sp³-hybridized carbons (Fsp3) is 0.111. The summed E-state index contributed by atoms with van der Waals surface area (Å²) in [5.74, 6) is 0.758. The van der Waals surface area contributed by atoms with Gasteiger partial charge in [0.15, 0.2) is 0 Å². The molecule has 0 aliphatic heterocycles. The quantitative estimate of drug-likeness (QED) is 0.521. The molecule has 0 aromatic heterocycles. The molecule has 0 spiro atoms. The van der Waals surface area contributed by atoms with Crippen molar-refractivity contribution in [3.63, 3.8) is 0 Å². The van der Waals surface area contributed by atoms with E-state index in [1.54, 1.807) is 0 Å². The number of hydrogen-bond acceptors (Lipinski definition) is 1. The molecule has 1 nitrogen and oxygen atoms in total. The van der Waals surface area contributed by atoms with Crippen LogP contribution in [0.4, 0.5) is 0 Å². The number of halogens is 1. The Kier molecular flexibility index (Phi) is 3.38. The van der Waals surface area contributed by atoms with Gasteiger partial charge in [-0.05, 0) is 25.1 Å². The van der Waals surface area contributed by atoms with Gasteiger partial charge < -0.3 is 4.43 Å². The van der Waals surface area contributed by atoms with Crippen LogP contribution in [0.3, 0.4) is 0 Å². The third kappa shape index (κ3) is 2.12. The van der Waals surface area contributed by atoms with Crippen LogP contribution in [0.2, 0.25) is 5.02 Å². The van der Waals surface area contributed by atoms with Crippen molar-refractivity contribution in [2.75, 3.05) is 0 Å².